The van der Waals surface area contributed by atoms with Crippen LogP contribution in [0.4, 0.5) is 0 Å². The van der Waals surface area contributed by atoms with Gasteiger partial charge in [-0.05, 0) is 75.8 Å². The Morgan fingerprint density at radius 2 is 1.08 bits per heavy atom. The highest BCUT2D eigenvalue weighted by atomic mass is 16.4. The van der Waals surface area contributed by atoms with Gasteiger partial charge in [-0.1, -0.05) is 71.9 Å². The van der Waals surface area contributed by atoms with Gasteiger partial charge in [0.2, 0.25) is 41.4 Å². The quantitative estimate of drug-likeness (QED) is 0.0419. The molecule has 1 aromatic carbocycles. The Morgan fingerprint density at radius 1 is 0.581 bits per heavy atom. The summed E-state index contributed by atoms with van der Waals surface area (Å²) < 4.78 is 0. The number of nitrogens with two attached hydrogens (primary N) is 2. The standard InChI is InChI=1S/C42H71N9O11/c1-22(2)18-28(44)36(55)51-34(26(8)53)41(60)45-25(7)35(54)49-32(21-52)39(58)47-30(19-23(3)4)38(57)50-33(24(5)6)40(59)46-29(16-12-13-17-43)37(56)48-31(42(61)62)20-27-14-10-9-11-15-27/h9-11,14-15,22-26,28-34,52-53H,12-13,16-21,43-44H2,1-8H3,(H,45,60)(H,46,59)(H,47,58)(H,48,56)(H,49,54)(H,50,57)(H,51,55)(H,61,62)/t25-,26+,28-,29-,30-,31-,32-,33-,34-/m0/s1. The van der Waals surface area contributed by atoms with Crippen molar-refractivity contribution in [3.63, 3.8) is 0 Å². The molecule has 350 valence electrons. The topological polar surface area (TPSA) is 333 Å². The smallest absolute Gasteiger partial charge is 0.326 e. The van der Waals surface area contributed by atoms with Crippen molar-refractivity contribution in [2.75, 3.05) is 13.2 Å². The summed E-state index contributed by atoms with van der Waals surface area (Å²) in [5.41, 5.74) is 12.2. The van der Waals surface area contributed by atoms with E-state index in [4.69, 9.17) is 11.5 Å². The Balaban J connectivity index is 3.12. The molecular formula is C42H71N9O11. The Hall–Kier alpha value is -5.18. The molecule has 0 radical (unpaired) electrons. The van der Waals surface area contributed by atoms with Crippen LogP contribution in [-0.2, 0) is 44.8 Å². The second-order valence-electron chi connectivity index (χ2n) is 16.8. The summed E-state index contributed by atoms with van der Waals surface area (Å²) in [6.07, 6.45) is 0.0838. The van der Waals surface area contributed by atoms with E-state index in [-0.39, 0.29) is 31.1 Å². The molecule has 20 nitrogen and oxygen atoms in total. The number of amides is 7. The van der Waals surface area contributed by atoms with E-state index in [0.29, 0.717) is 31.4 Å². The molecule has 0 aromatic heterocycles. The minimum atomic E-state index is -1.60. The van der Waals surface area contributed by atoms with E-state index >= 15 is 0 Å². The molecule has 0 heterocycles. The van der Waals surface area contributed by atoms with Crippen LogP contribution in [0.5, 0.6) is 0 Å². The fourth-order valence-electron chi connectivity index (χ4n) is 6.25. The van der Waals surface area contributed by atoms with Crippen molar-refractivity contribution < 1.29 is 53.7 Å². The number of carbonyl (C=O) groups is 8. The van der Waals surface area contributed by atoms with E-state index in [1.165, 1.54) is 13.8 Å². The van der Waals surface area contributed by atoms with Gasteiger partial charge in [-0.25, -0.2) is 4.79 Å². The van der Waals surface area contributed by atoms with E-state index in [1.807, 2.05) is 13.8 Å². The molecular weight excluding hydrogens is 807 g/mol. The molecule has 0 aliphatic heterocycles. The average Bonchev–Trinajstić information content (AvgIpc) is 3.19. The first-order valence-corrected chi connectivity index (χ1v) is 21.2. The van der Waals surface area contributed by atoms with Crippen LogP contribution in [0.3, 0.4) is 0 Å². The Labute approximate surface area is 364 Å². The van der Waals surface area contributed by atoms with E-state index in [2.05, 4.69) is 37.2 Å². The van der Waals surface area contributed by atoms with Crippen molar-refractivity contribution in [1.82, 2.24) is 37.2 Å². The lowest BCUT2D eigenvalue weighted by molar-refractivity contribution is -0.142. The fourth-order valence-corrected chi connectivity index (χ4v) is 6.25. The number of nitrogens with one attached hydrogen (secondary N) is 7. The van der Waals surface area contributed by atoms with Crippen LogP contribution < -0.4 is 48.7 Å². The third kappa shape index (κ3) is 19.7. The van der Waals surface area contributed by atoms with Crippen LogP contribution in [-0.4, -0.2) is 130 Å². The molecule has 0 bridgehead atoms. The number of carbonyl (C=O) groups excluding carboxylic acids is 7. The lowest BCUT2D eigenvalue weighted by atomic mass is 9.99. The van der Waals surface area contributed by atoms with Gasteiger partial charge in [-0.3, -0.25) is 33.6 Å². The number of unbranched alkanes of at least 4 members (excludes halogenated alkanes) is 1. The number of benzene rings is 1. The zero-order chi connectivity index (χ0) is 47.3. The predicted molar refractivity (Wildman–Crippen MR) is 230 cm³/mol. The number of carboxylic acid groups (broad SMARTS) is 1. The average molecular weight is 878 g/mol. The van der Waals surface area contributed by atoms with Gasteiger partial charge in [0, 0.05) is 6.42 Å². The van der Waals surface area contributed by atoms with Gasteiger partial charge in [-0.15, -0.1) is 0 Å². The van der Waals surface area contributed by atoms with Crippen LogP contribution in [0.2, 0.25) is 0 Å². The molecule has 14 N–H and O–H groups in total. The Morgan fingerprint density at radius 3 is 1.60 bits per heavy atom. The third-order valence-electron chi connectivity index (χ3n) is 9.76. The molecule has 0 spiro atoms. The summed E-state index contributed by atoms with van der Waals surface area (Å²) in [5.74, 6) is -7.61. The zero-order valence-corrected chi connectivity index (χ0v) is 37.2. The maximum atomic E-state index is 13.8. The number of rotatable bonds is 28. The predicted octanol–water partition coefficient (Wildman–Crippen LogP) is -1.70. The van der Waals surface area contributed by atoms with E-state index in [9.17, 15) is 53.7 Å². The largest absolute Gasteiger partial charge is 0.480 e. The summed E-state index contributed by atoms with van der Waals surface area (Å²) in [6, 6.07) is -1.60. The molecule has 0 unspecified atom stereocenters. The van der Waals surface area contributed by atoms with Crippen LogP contribution in [0, 0.1) is 17.8 Å². The van der Waals surface area contributed by atoms with Gasteiger partial charge < -0.3 is 64.0 Å². The van der Waals surface area contributed by atoms with Crippen molar-refractivity contribution in [3.05, 3.63) is 35.9 Å². The summed E-state index contributed by atoms with van der Waals surface area (Å²) in [4.78, 5) is 105. The number of aliphatic hydroxyl groups excluding tert-OH is 2. The zero-order valence-electron chi connectivity index (χ0n) is 37.2. The monoisotopic (exact) mass is 878 g/mol. The van der Waals surface area contributed by atoms with Crippen molar-refractivity contribution >= 4 is 47.3 Å². The van der Waals surface area contributed by atoms with Crippen LogP contribution in [0.25, 0.3) is 0 Å². The highest BCUT2D eigenvalue weighted by Gasteiger charge is 2.35. The fraction of sp³-hybridized carbons (Fsp3) is 0.667. The van der Waals surface area contributed by atoms with E-state index < -0.39 is 114 Å². The van der Waals surface area contributed by atoms with Gasteiger partial charge in [0.15, 0.2) is 0 Å². The van der Waals surface area contributed by atoms with Crippen molar-refractivity contribution in [2.45, 2.75) is 148 Å². The van der Waals surface area contributed by atoms with Gasteiger partial charge in [0.05, 0.1) is 18.8 Å². The summed E-state index contributed by atoms with van der Waals surface area (Å²) in [5, 5.41) is 47.6. The Kier molecular flexibility index (Phi) is 24.5. The second kappa shape index (κ2) is 27.7. The van der Waals surface area contributed by atoms with Crippen molar-refractivity contribution in [1.29, 1.82) is 0 Å². The summed E-state index contributed by atoms with van der Waals surface area (Å²) >= 11 is 0. The molecule has 0 saturated carbocycles. The first-order chi connectivity index (χ1) is 29.0. The molecule has 0 aliphatic carbocycles. The minimum absolute atomic E-state index is 0.00454. The lowest BCUT2D eigenvalue weighted by Gasteiger charge is -2.29. The molecule has 7 amide bonds. The first kappa shape index (κ1) is 54.8. The Bertz CT molecular complexity index is 1630. The summed E-state index contributed by atoms with van der Waals surface area (Å²) in [7, 11) is 0. The van der Waals surface area contributed by atoms with Crippen molar-refractivity contribution in [3.8, 4) is 0 Å². The second-order valence-corrected chi connectivity index (χ2v) is 16.8. The summed E-state index contributed by atoms with van der Waals surface area (Å²) in [6.45, 7) is 12.5. The SMILES string of the molecule is CC(C)C[C@H](NC(=O)[C@H](CO)NC(=O)[C@H](C)NC(=O)[C@@H](NC(=O)[C@@H](N)CC(C)C)[C@@H](C)O)C(=O)N[C@H](C(=O)N[C@@H](CCCCN)C(=O)N[C@@H](Cc1ccccc1)C(=O)O)C(C)C. The number of hydrogen-bond acceptors (Lipinski definition) is 12. The number of aliphatic carboxylic acids is 1. The van der Waals surface area contributed by atoms with Gasteiger partial charge in [-0.2, -0.15) is 0 Å². The molecule has 1 aromatic rings. The number of hydrogen-bond donors (Lipinski definition) is 12. The van der Waals surface area contributed by atoms with E-state index in [0.717, 1.165) is 0 Å². The molecule has 20 heteroatoms. The minimum Gasteiger partial charge on any atom is -0.480 e. The number of carboxylic acids is 1. The molecule has 0 saturated heterocycles. The van der Waals surface area contributed by atoms with Crippen LogP contribution in [0.15, 0.2) is 30.3 Å². The van der Waals surface area contributed by atoms with Crippen LogP contribution >= 0.6 is 0 Å². The highest BCUT2D eigenvalue weighted by molar-refractivity contribution is 5.97. The van der Waals surface area contributed by atoms with E-state index in [1.54, 1.807) is 58.0 Å². The third-order valence-corrected chi connectivity index (χ3v) is 9.76. The molecule has 62 heavy (non-hydrogen) atoms. The first-order valence-electron chi connectivity index (χ1n) is 21.2. The lowest BCUT2D eigenvalue weighted by Crippen LogP contribution is -2.61. The highest BCUT2D eigenvalue weighted by Crippen LogP contribution is 2.11. The normalized spacial score (nSPS) is 15.7. The molecule has 0 fully saturated rings. The molecule has 0 aliphatic rings. The van der Waals surface area contributed by atoms with Gasteiger partial charge in [0.25, 0.3) is 0 Å². The van der Waals surface area contributed by atoms with Gasteiger partial charge >= 0.3 is 5.97 Å². The number of aliphatic hydroxyl groups is 2. The molecule has 9 atom stereocenters. The maximum Gasteiger partial charge on any atom is 0.326 e. The van der Waals surface area contributed by atoms with Crippen LogP contribution in [0.1, 0.15) is 93.1 Å². The molecule has 1 rings (SSSR count). The maximum absolute atomic E-state index is 13.8. The van der Waals surface area contributed by atoms with Gasteiger partial charge in [0.1, 0.15) is 42.3 Å². The van der Waals surface area contributed by atoms with Crippen molar-refractivity contribution in [2.24, 2.45) is 29.2 Å².